The molecule has 0 atom stereocenters. The fourth-order valence-electron chi connectivity index (χ4n) is 3.96. The molecule has 0 fully saturated rings. The number of aryl methyl sites for hydroxylation is 1. The third-order valence-corrected chi connectivity index (χ3v) is 8.21. The lowest BCUT2D eigenvalue weighted by Gasteiger charge is -2.13. The van der Waals surface area contributed by atoms with E-state index >= 15 is 0 Å². The SMILES string of the molecule is CCOC(=O)c1c(NC(=O)c2oc3c(c2C)C(=O)CCC3)sc2c1CCS(=O)(=O)C2. The van der Waals surface area contributed by atoms with E-state index < -0.39 is 21.7 Å². The summed E-state index contributed by atoms with van der Waals surface area (Å²) in [5.74, 6) is -0.904. The summed E-state index contributed by atoms with van der Waals surface area (Å²) in [7, 11) is -3.24. The lowest BCUT2D eigenvalue weighted by molar-refractivity contribution is 0.0526. The molecule has 0 spiro atoms. The fraction of sp³-hybridized carbons (Fsp3) is 0.450. The van der Waals surface area contributed by atoms with Crippen molar-refractivity contribution in [1.82, 2.24) is 0 Å². The third kappa shape index (κ3) is 3.58. The number of hydrogen-bond acceptors (Lipinski definition) is 8. The van der Waals surface area contributed by atoms with Crippen LogP contribution in [-0.2, 0) is 33.2 Å². The Bertz CT molecular complexity index is 1170. The van der Waals surface area contributed by atoms with Crippen LogP contribution in [0.15, 0.2) is 4.42 Å². The summed E-state index contributed by atoms with van der Waals surface area (Å²) in [6.07, 6.45) is 1.89. The van der Waals surface area contributed by atoms with Crippen molar-refractivity contribution in [1.29, 1.82) is 0 Å². The van der Waals surface area contributed by atoms with E-state index in [0.717, 1.165) is 11.3 Å². The van der Waals surface area contributed by atoms with E-state index in [0.29, 0.717) is 46.6 Å². The number of esters is 1. The van der Waals surface area contributed by atoms with Crippen LogP contribution in [0.25, 0.3) is 0 Å². The molecule has 1 aliphatic carbocycles. The first-order chi connectivity index (χ1) is 14.2. The molecule has 0 radical (unpaired) electrons. The van der Waals surface area contributed by atoms with Crippen LogP contribution in [0, 0.1) is 6.92 Å². The van der Waals surface area contributed by atoms with Crippen molar-refractivity contribution >= 4 is 43.8 Å². The first kappa shape index (κ1) is 20.8. The molecule has 1 amide bonds. The maximum absolute atomic E-state index is 13.0. The van der Waals surface area contributed by atoms with Crippen molar-refractivity contribution in [3.05, 3.63) is 38.7 Å². The minimum Gasteiger partial charge on any atom is -0.462 e. The number of carbonyl (C=O) groups is 3. The maximum atomic E-state index is 13.0. The van der Waals surface area contributed by atoms with Gasteiger partial charge in [0.05, 0.1) is 29.2 Å². The van der Waals surface area contributed by atoms with Crippen molar-refractivity contribution in [3.8, 4) is 0 Å². The van der Waals surface area contributed by atoms with E-state index in [1.807, 2.05) is 0 Å². The summed E-state index contributed by atoms with van der Waals surface area (Å²) in [4.78, 5) is 38.2. The van der Waals surface area contributed by atoms with Crippen molar-refractivity contribution in [2.45, 2.75) is 45.3 Å². The van der Waals surface area contributed by atoms with E-state index in [1.165, 1.54) is 0 Å². The van der Waals surface area contributed by atoms with E-state index in [2.05, 4.69) is 5.32 Å². The third-order valence-electron chi connectivity index (χ3n) is 5.32. The Hall–Kier alpha value is -2.46. The number of fused-ring (bicyclic) bond motifs is 2. The zero-order valence-electron chi connectivity index (χ0n) is 16.6. The van der Waals surface area contributed by atoms with E-state index in [-0.39, 0.29) is 46.6 Å². The van der Waals surface area contributed by atoms with E-state index in [4.69, 9.17) is 9.15 Å². The second-order valence-electron chi connectivity index (χ2n) is 7.36. The van der Waals surface area contributed by atoms with Gasteiger partial charge in [0.2, 0.25) is 0 Å². The van der Waals surface area contributed by atoms with Crippen LogP contribution in [0.5, 0.6) is 0 Å². The summed E-state index contributed by atoms with van der Waals surface area (Å²) in [6.45, 7) is 3.49. The number of hydrogen-bond donors (Lipinski definition) is 1. The van der Waals surface area contributed by atoms with Crippen molar-refractivity contribution < 1.29 is 32.0 Å². The summed E-state index contributed by atoms with van der Waals surface area (Å²) in [5.41, 5.74) is 1.75. The number of furan rings is 1. The fourth-order valence-corrected chi connectivity index (χ4v) is 6.99. The number of ketones is 1. The average molecular weight is 452 g/mol. The van der Waals surface area contributed by atoms with Gasteiger partial charge in [-0.25, -0.2) is 13.2 Å². The van der Waals surface area contributed by atoms with Gasteiger partial charge in [0.15, 0.2) is 21.4 Å². The highest BCUT2D eigenvalue weighted by molar-refractivity contribution is 7.90. The van der Waals surface area contributed by atoms with Gasteiger partial charge < -0.3 is 14.5 Å². The van der Waals surface area contributed by atoms with Gasteiger partial charge in [-0.05, 0) is 32.3 Å². The van der Waals surface area contributed by atoms with E-state index in [1.54, 1.807) is 13.8 Å². The standard InChI is InChI=1S/C20H21NO7S2/c1-3-27-20(24)16-11-7-8-30(25,26)9-14(11)29-19(16)21-18(23)17-10(2)15-12(22)5-4-6-13(15)28-17/h3-9H2,1-2H3,(H,21,23). The number of rotatable bonds is 4. The predicted molar refractivity (Wildman–Crippen MR) is 110 cm³/mol. The molecule has 0 saturated heterocycles. The van der Waals surface area contributed by atoms with Gasteiger partial charge in [0.25, 0.3) is 5.91 Å². The van der Waals surface area contributed by atoms with Gasteiger partial charge in [-0.15, -0.1) is 11.3 Å². The van der Waals surface area contributed by atoms with Crippen molar-refractivity contribution in [2.24, 2.45) is 0 Å². The highest BCUT2D eigenvalue weighted by atomic mass is 32.2. The smallest absolute Gasteiger partial charge is 0.341 e. The molecule has 2 aromatic rings. The molecule has 160 valence electrons. The number of sulfone groups is 1. The molecule has 2 aliphatic rings. The minimum atomic E-state index is -3.24. The normalized spacial score (nSPS) is 17.2. The Kier molecular flexibility index (Phi) is 5.31. The number of Topliss-reactive ketones (excluding diaryl/α,β-unsaturated/α-hetero) is 1. The largest absolute Gasteiger partial charge is 0.462 e. The zero-order chi connectivity index (χ0) is 21.6. The molecule has 0 bridgehead atoms. The highest BCUT2D eigenvalue weighted by Crippen LogP contribution is 2.39. The maximum Gasteiger partial charge on any atom is 0.341 e. The Morgan fingerprint density at radius 2 is 2.00 bits per heavy atom. The molecule has 3 heterocycles. The molecular weight excluding hydrogens is 430 g/mol. The van der Waals surface area contributed by atoms with Gasteiger partial charge in [-0.2, -0.15) is 0 Å². The summed E-state index contributed by atoms with van der Waals surface area (Å²) >= 11 is 1.06. The second-order valence-corrected chi connectivity index (χ2v) is 10.6. The topological polar surface area (TPSA) is 120 Å². The van der Waals surface area contributed by atoms with Gasteiger partial charge in [-0.3, -0.25) is 9.59 Å². The Morgan fingerprint density at radius 3 is 2.70 bits per heavy atom. The number of anilines is 1. The summed E-state index contributed by atoms with van der Waals surface area (Å²) in [5, 5.41) is 2.93. The number of nitrogens with one attached hydrogen (secondary N) is 1. The van der Waals surface area contributed by atoms with Crippen LogP contribution in [0.4, 0.5) is 5.00 Å². The Morgan fingerprint density at radius 1 is 1.23 bits per heavy atom. The van der Waals surface area contributed by atoms with Gasteiger partial charge >= 0.3 is 5.97 Å². The lowest BCUT2D eigenvalue weighted by atomic mass is 9.94. The molecule has 4 rings (SSSR count). The van der Waals surface area contributed by atoms with Crippen LogP contribution in [0.1, 0.15) is 72.8 Å². The Labute approximate surface area is 177 Å². The first-order valence-corrected chi connectivity index (χ1v) is 12.3. The highest BCUT2D eigenvalue weighted by Gasteiger charge is 2.34. The van der Waals surface area contributed by atoms with Gasteiger partial charge in [0, 0.05) is 23.3 Å². The molecule has 0 aromatic carbocycles. The number of amides is 1. The molecular formula is C20H21NO7S2. The van der Waals surface area contributed by atoms with Crippen LogP contribution in [-0.4, -0.2) is 38.4 Å². The summed E-state index contributed by atoms with van der Waals surface area (Å²) < 4.78 is 34.9. The number of ether oxygens (including phenoxy) is 1. The molecule has 30 heavy (non-hydrogen) atoms. The molecule has 1 aliphatic heterocycles. The number of carbonyl (C=O) groups excluding carboxylic acids is 3. The van der Waals surface area contributed by atoms with Gasteiger partial charge in [0.1, 0.15) is 10.8 Å². The van der Waals surface area contributed by atoms with Crippen molar-refractivity contribution in [2.75, 3.05) is 17.7 Å². The van der Waals surface area contributed by atoms with E-state index in [9.17, 15) is 22.8 Å². The van der Waals surface area contributed by atoms with Crippen LogP contribution in [0.3, 0.4) is 0 Å². The Balaban J connectivity index is 1.71. The molecule has 1 N–H and O–H groups in total. The molecule has 10 heteroatoms. The minimum absolute atomic E-state index is 0.0315. The zero-order valence-corrected chi connectivity index (χ0v) is 18.3. The number of thiophene rings is 1. The van der Waals surface area contributed by atoms with Crippen LogP contribution in [0.2, 0.25) is 0 Å². The second kappa shape index (κ2) is 7.66. The van der Waals surface area contributed by atoms with Crippen molar-refractivity contribution in [3.63, 3.8) is 0 Å². The molecule has 0 unspecified atom stereocenters. The monoisotopic (exact) mass is 451 g/mol. The van der Waals surface area contributed by atoms with Gasteiger partial charge in [-0.1, -0.05) is 0 Å². The van der Waals surface area contributed by atoms with Crippen LogP contribution < -0.4 is 5.32 Å². The first-order valence-electron chi connectivity index (χ1n) is 9.70. The average Bonchev–Trinajstić information content (AvgIpc) is 3.19. The predicted octanol–water partition coefficient (Wildman–Crippen LogP) is 3.07. The summed E-state index contributed by atoms with van der Waals surface area (Å²) in [6, 6.07) is 0. The lowest BCUT2D eigenvalue weighted by Crippen LogP contribution is -2.20. The van der Waals surface area contributed by atoms with Crippen LogP contribution >= 0.6 is 11.3 Å². The molecule has 8 nitrogen and oxygen atoms in total. The molecule has 2 aromatic heterocycles. The molecule has 0 saturated carbocycles. The quantitative estimate of drug-likeness (QED) is 0.709.